The van der Waals surface area contributed by atoms with E-state index >= 15 is 0 Å². The summed E-state index contributed by atoms with van der Waals surface area (Å²) in [5.74, 6) is 0.347. The summed E-state index contributed by atoms with van der Waals surface area (Å²) >= 11 is 3.36. The molecule has 1 aliphatic heterocycles. The smallest absolute Gasteiger partial charge is 0.255 e. The van der Waals surface area contributed by atoms with Gasteiger partial charge < -0.3 is 10.2 Å². The fraction of sp³-hybridized carbons (Fsp3) is 0.263. The Morgan fingerprint density at radius 2 is 1.83 bits per heavy atom. The Bertz CT molecular complexity index is 813. The molecule has 1 fully saturated rings. The fourth-order valence-electron chi connectivity index (χ4n) is 3.06. The maximum atomic E-state index is 12.3. The molecule has 0 unspecified atom stereocenters. The van der Waals surface area contributed by atoms with Crippen LogP contribution in [-0.2, 0) is 11.2 Å². The number of halogens is 1. The average molecular weight is 385 g/mol. The average Bonchev–Trinajstić information content (AvgIpc) is 3.35. The van der Waals surface area contributed by atoms with E-state index in [1.54, 1.807) is 12.1 Å². The highest BCUT2D eigenvalue weighted by Gasteiger charge is 2.36. The highest BCUT2D eigenvalue weighted by Crippen LogP contribution is 2.37. The van der Waals surface area contributed by atoms with Gasteiger partial charge in [0.05, 0.1) is 0 Å². The first-order valence-corrected chi connectivity index (χ1v) is 8.92. The number of carbonyl (C=O) groups excluding carboxylic acids is 2. The molecule has 5 heteroatoms. The van der Waals surface area contributed by atoms with E-state index in [4.69, 9.17) is 0 Å². The van der Waals surface area contributed by atoms with E-state index < -0.39 is 0 Å². The second-order valence-corrected chi connectivity index (χ2v) is 7.23. The van der Waals surface area contributed by atoms with Gasteiger partial charge in [-0.2, -0.15) is 0 Å². The van der Waals surface area contributed by atoms with Crippen LogP contribution >= 0.6 is 15.9 Å². The zero-order valence-corrected chi connectivity index (χ0v) is 14.7. The highest BCUT2D eigenvalue weighted by molar-refractivity contribution is 9.10. The van der Waals surface area contributed by atoms with Crippen molar-refractivity contribution in [3.8, 4) is 0 Å². The molecule has 4 rings (SSSR count). The summed E-state index contributed by atoms with van der Waals surface area (Å²) in [5, 5.41) is 2.93. The highest BCUT2D eigenvalue weighted by atomic mass is 79.9. The second kappa shape index (κ2) is 6.06. The zero-order valence-electron chi connectivity index (χ0n) is 13.1. The number of fused-ring (bicyclic) bond motifs is 1. The van der Waals surface area contributed by atoms with Gasteiger partial charge in [-0.05, 0) is 67.3 Å². The van der Waals surface area contributed by atoms with Crippen molar-refractivity contribution >= 4 is 39.1 Å². The van der Waals surface area contributed by atoms with Gasteiger partial charge >= 0.3 is 0 Å². The van der Waals surface area contributed by atoms with Crippen molar-refractivity contribution in [1.82, 2.24) is 0 Å². The molecular weight excluding hydrogens is 368 g/mol. The number of benzene rings is 2. The van der Waals surface area contributed by atoms with Crippen LogP contribution in [0.3, 0.4) is 0 Å². The number of anilines is 2. The minimum atomic E-state index is -0.133. The quantitative estimate of drug-likeness (QED) is 0.869. The number of hydrogen-bond donors (Lipinski definition) is 1. The SMILES string of the molecule is O=C(Nc1ccc2c(c1)CCN2C(=O)C1CC1)c1ccc(Br)cc1. The van der Waals surface area contributed by atoms with E-state index in [0.29, 0.717) is 5.56 Å². The Morgan fingerprint density at radius 1 is 1.08 bits per heavy atom. The molecule has 1 aliphatic carbocycles. The van der Waals surface area contributed by atoms with Crippen LogP contribution in [0.25, 0.3) is 0 Å². The summed E-state index contributed by atoms with van der Waals surface area (Å²) < 4.78 is 0.942. The van der Waals surface area contributed by atoms with Gasteiger partial charge in [0, 0.05) is 33.9 Å². The van der Waals surface area contributed by atoms with Gasteiger partial charge in [-0.25, -0.2) is 0 Å². The molecule has 1 N–H and O–H groups in total. The molecule has 24 heavy (non-hydrogen) atoms. The fourth-order valence-corrected chi connectivity index (χ4v) is 3.33. The third-order valence-electron chi connectivity index (χ3n) is 4.53. The summed E-state index contributed by atoms with van der Waals surface area (Å²) in [6.07, 6.45) is 2.88. The number of nitrogens with zero attached hydrogens (tertiary/aromatic N) is 1. The molecule has 122 valence electrons. The monoisotopic (exact) mass is 384 g/mol. The van der Waals surface area contributed by atoms with Gasteiger partial charge in [0.2, 0.25) is 5.91 Å². The first kappa shape index (κ1) is 15.4. The molecule has 0 aromatic heterocycles. The standard InChI is InChI=1S/C19H17BrN2O2/c20-15-5-3-12(4-6-15)18(23)21-16-7-8-17-14(11-16)9-10-22(17)19(24)13-1-2-13/h3-8,11,13H,1-2,9-10H2,(H,21,23). The van der Waals surface area contributed by atoms with Crippen molar-refractivity contribution in [2.75, 3.05) is 16.8 Å². The van der Waals surface area contributed by atoms with Crippen molar-refractivity contribution in [2.24, 2.45) is 5.92 Å². The van der Waals surface area contributed by atoms with Crippen LogP contribution in [0.5, 0.6) is 0 Å². The molecule has 1 saturated carbocycles. The van der Waals surface area contributed by atoms with Crippen LogP contribution in [0.4, 0.5) is 11.4 Å². The molecule has 0 spiro atoms. The third kappa shape index (κ3) is 2.96. The van der Waals surface area contributed by atoms with Crippen LogP contribution < -0.4 is 10.2 Å². The Hall–Kier alpha value is -2.14. The van der Waals surface area contributed by atoms with Crippen molar-refractivity contribution < 1.29 is 9.59 Å². The molecule has 1 heterocycles. The molecule has 0 atom stereocenters. The minimum Gasteiger partial charge on any atom is -0.322 e. The number of rotatable bonds is 3. The lowest BCUT2D eigenvalue weighted by atomic mass is 10.1. The van der Waals surface area contributed by atoms with Crippen LogP contribution in [0, 0.1) is 5.92 Å². The predicted molar refractivity (Wildman–Crippen MR) is 97.3 cm³/mol. The van der Waals surface area contributed by atoms with Crippen molar-refractivity contribution in [3.63, 3.8) is 0 Å². The minimum absolute atomic E-state index is 0.133. The summed E-state index contributed by atoms with van der Waals surface area (Å²) in [4.78, 5) is 26.5. The van der Waals surface area contributed by atoms with Crippen molar-refractivity contribution in [3.05, 3.63) is 58.1 Å². The Labute approximate surface area is 149 Å². The molecule has 0 bridgehead atoms. The van der Waals surface area contributed by atoms with Gasteiger partial charge in [-0.3, -0.25) is 9.59 Å². The van der Waals surface area contributed by atoms with Crippen LogP contribution in [-0.4, -0.2) is 18.4 Å². The largest absolute Gasteiger partial charge is 0.322 e. The maximum absolute atomic E-state index is 12.3. The predicted octanol–water partition coefficient (Wildman–Crippen LogP) is 4.00. The lowest BCUT2D eigenvalue weighted by Crippen LogP contribution is -2.30. The van der Waals surface area contributed by atoms with E-state index in [1.165, 1.54) is 0 Å². The van der Waals surface area contributed by atoms with E-state index in [-0.39, 0.29) is 17.7 Å². The third-order valence-corrected chi connectivity index (χ3v) is 5.06. The number of hydrogen-bond acceptors (Lipinski definition) is 2. The molecule has 2 aromatic rings. The summed E-state index contributed by atoms with van der Waals surface area (Å²) in [6, 6.07) is 13.0. The molecular formula is C19H17BrN2O2. The molecule has 2 aromatic carbocycles. The van der Waals surface area contributed by atoms with Crippen LogP contribution in [0.1, 0.15) is 28.8 Å². The maximum Gasteiger partial charge on any atom is 0.255 e. The molecule has 2 amide bonds. The molecule has 2 aliphatic rings. The van der Waals surface area contributed by atoms with Crippen LogP contribution in [0.2, 0.25) is 0 Å². The molecule has 0 saturated heterocycles. The second-order valence-electron chi connectivity index (χ2n) is 6.32. The van der Waals surface area contributed by atoms with E-state index in [2.05, 4.69) is 21.2 Å². The van der Waals surface area contributed by atoms with Gasteiger partial charge in [0.25, 0.3) is 5.91 Å². The van der Waals surface area contributed by atoms with Gasteiger partial charge in [-0.1, -0.05) is 15.9 Å². The normalized spacial score (nSPS) is 16.0. The van der Waals surface area contributed by atoms with Gasteiger partial charge in [0.15, 0.2) is 0 Å². The van der Waals surface area contributed by atoms with Gasteiger partial charge in [0.1, 0.15) is 0 Å². The molecule has 0 radical (unpaired) electrons. The zero-order chi connectivity index (χ0) is 16.7. The first-order chi connectivity index (χ1) is 11.6. The number of amides is 2. The topological polar surface area (TPSA) is 49.4 Å². The Balaban J connectivity index is 1.50. The Kier molecular flexibility index (Phi) is 3.88. The van der Waals surface area contributed by atoms with E-state index in [9.17, 15) is 9.59 Å². The lowest BCUT2D eigenvalue weighted by Gasteiger charge is -2.17. The van der Waals surface area contributed by atoms with E-state index in [0.717, 1.165) is 47.2 Å². The van der Waals surface area contributed by atoms with E-state index in [1.807, 2.05) is 35.2 Å². The van der Waals surface area contributed by atoms with Crippen molar-refractivity contribution in [1.29, 1.82) is 0 Å². The van der Waals surface area contributed by atoms with Crippen LogP contribution in [0.15, 0.2) is 46.9 Å². The number of carbonyl (C=O) groups is 2. The summed E-state index contributed by atoms with van der Waals surface area (Å²) in [7, 11) is 0. The summed E-state index contributed by atoms with van der Waals surface area (Å²) in [6.45, 7) is 0.745. The van der Waals surface area contributed by atoms with Gasteiger partial charge in [-0.15, -0.1) is 0 Å². The number of nitrogens with one attached hydrogen (secondary N) is 1. The molecule has 4 nitrogen and oxygen atoms in total. The summed E-state index contributed by atoms with van der Waals surface area (Å²) in [5.41, 5.74) is 3.50. The van der Waals surface area contributed by atoms with Crippen molar-refractivity contribution in [2.45, 2.75) is 19.3 Å². The first-order valence-electron chi connectivity index (χ1n) is 8.13. The Morgan fingerprint density at radius 3 is 2.54 bits per heavy atom. The lowest BCUT2D eigenvalue weighted by molar-refractivity contribution is -0.119.